The number of nitrogens with one attached hydrogen (secondary N) is 1. The Labute approximate surface area is 103 Å². The molecule has 0 aliphatic carbocycles. The van der Waals surface area contributed by atoms with E-state index in [-0.39, 0.29) is 5.69 Å². The van der Waals surface area contributed by atoms with Crippen molar-refractivity contribution >= 4 is 5.97 Å². The molecule has 0 amide bonds. The molecule has 2 rings (SSSR count). The lowest BCUT2D eigenvalue weighted by Gasteiger charge is -2.09. The molecule has 0 bridgehead atoms. The molecule has 0 atom stereocenters. The fourth-order valence-electron chi connectivity index (χ4n) is 1.86. The van der Waals surface area contributed by atoms with Gasteiger partial charge >= 0.3 is 11.7 Å². The summed E-state index contributed by atoms with van der Waals surface area (Å²) in [5.41, 5.74) is 0.968. The predicted molar refractivity (Wildman–Crippen MR) is 66.6 cm³/mol. The molecule has 0 unspecified atom stereocenters. The number of carboxylic acids is 1. The van der Waals surface area contributed by atoms with E-state index in [0.717, 1.165) is 5.56 Å². The highest BCUT2D eigenvalue weighted by Gasteiger charge is 2.16. The summed E-state index contributed by atoms with van der Waals surface area (Å²) in [7, 11) is 0. The van der Waals surface area contributed by atoms with Crippen LogP contribution in [0.15, 0.2) is 35.1 Å². The zero-order valence-corrected chi connectivity index (χ0v) is 9.80. The van der Waals surface area contributed by atoms with Crippen LogP contribution in [0.25, 0.3) is 11.3 Å². The van der Waals surface area contributed by atoms with Gasteiger partial charge in [-0.05, 0) is 6.42 Å². The van der Waals surface area contributed by atoms with Gasteiger partial charge < -0.3 is 5.11 Å². The lowest BCUT2D eigenvalue weighted by molar-refractivity contribution is 0.0688. The van der Waals surface area contributed by atoms with Crippen molar-refractivity contribution < 1.29 is 9.90 Å². The topological polar surface area (TPSA) is 83.0 Å². The first-order valence-electron chi connectivity index (χ1n) is 5.55. The number of aromatic amines is 1. The molecule has 92 valence electrons. The van der Waals surface area contributed by atoms with Crippen molar-refractivity contribution in [3.63, 3.8) is 0 Å². The van der Waals surface area contributed by atoms with Crippen LogP contribution in [-0.4, -0.2) is 21.0 Å². The average molecular weight is 244 g/mol. The molecule has 2 aromatic rings. The van der Waals surface area contributed by atoms with Crippen LogP contribution in [0.4, 0.5) is 0 Å². The van der Waals surface area contributed by atoms with E-state index in [9.17, 15) is 9.59 Å². The molecule has 1 aromatic heterocycles. The third-order valence-corrected chi connectivity index (χ3v) is 2.65. The standard InChI is InChI=1S/C13H12N2O3/c1-2-9-10(8-6-4-3-5-7-8)14-13(18)15-11(9)12(16)17/h3-7H,2H2,1H3,(H,16,17)(H,14,15,18). The largest absolute Gasteiger partial charge is 0.477 e. The van der Waals surface area contributed by atoms with Crippen molar-refractivity contribution in [1.82, 2.24) is 9.97 Å². The van der Waals surface area contributed by atoms with Crippen molar-refractivity contribution in [2.24, 2.45) is 0 Å². The van der Waals surface area contributed by atoms with Gasteiger partial charge in [-0.25, -0.2) is 9.59 Å². The van der Waals surface area contributed by atoms with E-state index in [1.54, 1.807) is 12.1 Å². The van der Waals surface area contributed by atoms with Crippen molar-refractivity contribution in [3.8, 4) is 11.3 Å². The lowest BCUT2D eigenvalue weighted by Crippen LogP contribution is -2.20. The fourth-order valence-corrected chi connectivity index (χ4v) is 1.86. The third kappa shape index (κ3) is 2.15. The van der Waals surface area contributed by atoms with Gasteiger partial charge in [0.2, 0.25) is 0 Å². The first-order chi connectivity index (χ1) is 8.63. The zero-order chi connectivity index (χ0) is 13.1. The third-order valence-electron chi connectivity index (χ3n) is 2.65. The lowest BCUT2D eigenvalue weighted by atomic mass is 10.0. The number of nitrogens with zero attached hydrogens (tertiary/aromatic N) is 1. The molecule has 0 spiro atoms. The van der Waals surface area contributed by atoms with Gasteiger partial charge in [0.15, 0.2) is 0 Å². The molecule has 5 heteroatoms. The van der Waals surface area contributed by atoms with Crippen molar-refractivity contribution in [2.45, 2.75) is 13.3 Å². The molecule has 0 aliphatic rings. The maximum atomic E-state index is 11.4. The van der Waals surface area contributed by atoms with Gasteiger partial charge in [-0.1, -0.05) is 37.3 Å². The second kappa shape index (κ2) is 4.83. The second-order valence-electron chi connectivity index (χ2n) is 3.77. The number of hydrogen-bond donors (Lipinski definition) is 2. The maximum Gasteiger partial charge on any atom is 0.352 e. The van der Waals surface area contributed by atoms with Crippen molar-refractivity contribution in [3.05, 3.63) is 52.1 Å². The molecule has 1 aromatic carbocycles. The Kier molecular flexibility index (Phi) is 3.23. The first kappa shape index (κ1) is 12.0. The molecule has 0 saturated carbocycles. The maximum absolute atomic E-state index is 11.4. The average Bonchev–Trinajstić information content (AvgIpc) is 2.38. The van der Waals surface area contributed by atoms with Crippen LogP contribution in [0.3, 0.4) is 0 Å². The Bertz CT molecular complexity index is 632. The Morgan fingerprint density at radius 3 is 2.56 bits per heavy atom. The smallest absolute Gasteiger partial charge is 0.352 e. The Morgan fingerprint density at radius 1 is 1.33 bits per heavy atom. The molecule has 0 saturated heterocycles. The van der Waals surface area contributed by atoms with Crippen LogP contribution in [-0.2, 0) is 6.42 Å². The summed E-state index contributed by atoms with van der Waals surface area (Å²) in [6, 6.07) is 9.08. The highest BCUT2D eigenvalue weighted by atomic mass is 16.4. The van der Waals surface area contributed by atoms with Crippen LogP contribution >= 0.6 is 0 Å². The number of benzene rings is 1. The Morgan fingerprint density at radius 2 is 2.00 bits per heavy atom. The van der Waals surface area contributed by atoms with E-state index in [1.807, 2.05) is 25.1 Å². The summed E-state index contributed by atoms with van der Waals surface area (Å²) in [6.07, 6.45) is 0.482. The van der Waals surface area contributed by atoms with Gasteiger partial charge in [-0.15, -0.1) is 0 Å². The van der Waals surface area contributed by atoms with Crippen LogP contribution < -0.4 is 5.69 Å². The van der Waals surface area contributed by atoms with Gasteiger partial charge in [0.25, 0.3) is 0 Å². The normalized spacial score (nSPS) is 10.3. The zero-order valence-electron chi connectivity index (χ0n) is 9.80. The summed E-state index contributed by atoms with van der Waals surface area (Å²) in [6.45, 7) is 1.83. The molecule has 0 aliphatic heterocycles. The van der Waals surface area contributed by atoms with Crippen LogP contribution in [0.2, 0.25) is 0 Å². The summed E-state index contributed by atoms with van der Waals surface area (Å²) < 4.78 is 0. The quantitative estimate of drug-likeness (QED) is 0.860. The molecule has 0 fully saturated rings. The van der Waals surface area contributed by atoms with E-state index in [4.69, 9.17) is 5.11 Å². The number of aromatic carboxylic acids is 1. The highest BCUT2D eigenvalue weighted by Crippen LogP contribution is 2.22. The Hall–Kier alpha value is -2.43. The van der Waals surface area contributed by atoms with E-state index in [0.29, 0.717) is 17.7 Å². The van der Waals surface area contributed by atoms with Crippen molar-refractivity contribution in [1.29, 1.82) is 0 Å². The minimum absolute atomic E-state index is 0.0867. The van der Waals surface area contributed by atoms with Gasteiger partial charge in [-0.3, -0.25) is 4.98 Å². The number of hydrogen-bond acceptors (Lipinski definition) is 3. The second-order valence-corrected chi connectivity index (χ2v) is 3.77. The van der Waals surface area contributed by atoms with Gasteiger partial charge in [0.1, 0.15) is 5.69 Å². The van der Waals surface area contributed by atoms with E-state index in [1.165, 1.54) is 0 Å². The summed E-state index contributed by atoms with van der Waals surface area (Å²) >= 11 is 0. The first-order valence-corrected chi connectivity index (χ1v) is 5.55. The van der Waals surface area contributed by atoms with Crippen LogP contribution in [0.5, 0.6) is 0 Å². The predicted octanol–water partition coefficient (Wildman–Crippen LogP) is 1.70. The minimum Gasteiger partial charge on any atom is -0.477 e. The fraction of sp³-hybridized carbons (Fsp3) is 0.154. The molecular weight excluding hydrogens is 232 g/mol. The monoisotopic (exact) mass is 244 g/mol. The minimum atomic E-state index is -1.15. The summed E-state index contributed by atoms with van der Waals surface area (Å²) in [5, 5.41) is 9.09. The van der Waals surface area contributed by atoms with Gasteiger partial charge in [0.05, 0.1) is 5.69 Å². The van der Waals surface area contributed by atoms with Crippen LogP contribution in [0, 0.1) is 0 Å². The summed E-state index contributed by atoms with van der Waals surface area (Å²) in [4.78, 5) is 28.7. The number of H-pyrrole nitrogens is 1. The number of aromatic nitrogens is 2. The molecule has 5 nitrogen and oxygen atoms in total. The molecular formula is C13H12N2O3. The number of carboxylic acid groups (broad SMARTS) is 1. The van der Waals surface area contributed by atoms with Crippen LogP contribution in [0.1, 0.15) is 23.0 Å². The highest BCUT2D eigenvalue weighted by molar-refractivity contribution is 5.89. The van der Waals surface area contributed by atoms with Gasteiger partial charge in [-0.2, -0.15) is 4.98 Å². The SMILES string of the molecule is CCc1c(-c2ccccc2)nc(=O)[nH]c1C(=O)O. The van der Waals surface area contributed by atoms with Gasteiger partial charge in [0, 0.05) is 11.1 Å². The number of rotatable bonds is 3. The molecule has 1 heterocycles. The van der Waals surface area contributed by atoms with E-state index < -0.39 is 11.7 Å². The summed E-state index contributed by atoms with van der Waals surface area (Å²) in [5.74, 6) is -1.15. The Balaban J connectivity index is 2.75. The van der Waals surface area contributed by atoms with E-state index >= 15 is 0 Å². The molecule has 18 heavy (non-hydrogen) atoms. The number of carbonyl (C=O) groups is 1. The molecule has 0 radical (unpaired) electrons. The van der Waals surface area contributed by atoms with E-state index in [2.05, 4.69) is 9.97 Å². The van der Waals surface area contributed by atoms with Crippen molar-refractivity contribution in [2.75, 3.05) is 0 Å². The molecule has 2 N–H and O–H groups in total.